The number of nitrogens with zero attached hydrogens (tertiary/aromatic N) is 1. The summed E-state index contributed by atoms with van der Waals surface area (Å²) in [4.78, 5) is 28.3. The number of amides is 2. The van der Waals surface area contributed by atoms with Crippen LogP contribution in [-0.2, 0) is 19.5 Å². The fourth-order valence-electron chi connectivity index (χ4n) is 5.23. The van der Waals surface area contributed by atoms with E-state index in [9.17, 15) is 14.7 Å². The van der Waals surface area contributed by atoms with Crippen molar-refractivity contribution in [1.82, 2.24) is 15.5 Å². The lowest BCUT2D eigenvalue weighted by molar-refractivity contribution is 0.0715. The van der Waals surface area contributed by atoms with E-state index in [0.29, 0.717) is 43.0 Å². The van der Waals surface area contributed by atoms with Gasteiger partial charge in [-0.05, 0) is 54.7 Å². The number of nitrogens with one attached hydrogen (secondary N) is 2. The highest BCUT2D eigenvalue weighted by atomic mass is 16.5. The van der Waals surface area contributed by atoms with E-state index in [0.717, 1.165) is 11.1 Å². The van der Waals surface area contributed by atoms with E-state index < -0.39 is 6.10 Å². The lowest BCUT2D eigenvalue weighted by Crippen LogP contribution is -2.49. The molecular weight excluding hydrogens is 466 g/mol. The standard InChI is InChI=1S/C30H33N3O4/c1-3-37-28-15-24-23(18-33(30(24)36)19(2)20-9-5-4-6-10-20)13-25(28)29(35)32-17-27(34)26-14-21-11-7-8-12-22(21)16-31-26/h4-13,15,19,26-27,31,34H,3,14,16-18H2,1-2H3,(H,32,35)/t19-,26?,27?/m0/s1. The van der Waals surface area contributed by atoms with Gasteiger partial charge in [0.15, 0.2) is 0 Å². The Morgan fingerprint density at radius 2 is 1.84 bits per heavy atom. The second kappa shape index (κ2) is 10.7. The molecule has 3 N–H and O–H groups in total. The maximum absolute atomic E-state index is 13.3. The molecule has 5 rings (SSSR count). The van der Waals surface area contributed by atoms with Crippen LogP contribution in [0.25, 0.3) is 0 Å². The lowest BCUT2D eigenvalue weighted by atomic mass is 9.93. The number of carbonyl (C=O) groups is 2. The molecule has 0 saturated heterocycles. The SMILES string of the molecule is CCOc1cc2c(cc1C(=O)NCC(O)C1Cc3ccccc3CN1)CN([C@@H](C)c1ccccc1)C2=O. The lowest BCUT2D eigenvalue weighted by Gasteiger charge is -2.30. The molecule has 0 bridgehead atoms. The van der Waals surface area contributed by atoms with Gasteiger partial charge in [0.05, 0.1) is 24.3 Å². The first-order chi connectivity index (χ1) is 18.0. The summed E-state index contributed by atoms with van der Waals surface area (Å²) in [5, 5.41) is 17.0. The zero-order valence-corrected chi connectivity index (χ0v) is 21.2. The van der Waals surface area contributed by atoms with Crippen LogP contribution in [0, 0.1) is 0 Å². The minimum atomic E-state index is -0.744. The zero-order chi connectivity index (χ0) is 25.9. The Balaban J connectivity index is 1.29. The van der Waals surface area contributed by atoms with Gasteiger partial charge in [-0.1, -0.05) is 54.6 Å². The predicted octanol–water partition coefficient (Wildman–Crippen LogP) is 3.61. The molecule has 3 aromatic rings. The first kappa shape index (κ1) is 25.0. The van der Waals surface area contributed by atoms with Gasteiger partial charge in [-0.15, -0.1) is 0 Å². The summed E-state index contributed by atoms with van der Waals surface area (Å²) in [7, 11) is 0. The molecule has 0 fully saturated rings. The van der Waals surface area contributed by atoms with Gasteiger partial charge in [-0.3, -0.25) is 9.59 Å². The van der Waals surface area contributed by atoms with Crippen LogP contribution >= 0.6 is 0 Å². The average Bonchev–Trinajstić information content (AvgIpc) is 3.26. The van der Waals surface area contributed by atoms with E-state index >= 15 is 0 Å². The second-order valence-corrected chi connectivity index (χ2v) is 9.70. The Hall–Kier alpha value is -3.68. The topological polar surface area (TPSA) is 90.9 Å². The van der Waals surface area contributed by atoms with Crippen molar-refractivity contribution in [3.63, 3.8) is 0 Å². The molecule has 192 valence electrons. The van der Waals surface area contributed by atoms with Crippen molar-refractivity contribution in [1.29, 1.82) is 0 Å². The molecule has 37 heavy (non-hydrogen) atoms. The molecule has 2 aliphatic heterocycles. The van der Waals surface area contributed by atoms with Crippen LogP contribution in [0.2, 0.25) is 0 Å². The molecule has 7 nitrogen and oxygen atoms in total. The maximum atomic E-state index is 13.3. The van der Waals surface area contributed by atoms with Gasteiger partial charge in [0.25, 0.3) is 11.8 Å². The molecule has 2 amide bonds. The summed E-state index contributed by atoms with van der Waals surface area (Å²) < 4.78 is 5.77. The van der Waals surface area contributed by atoms with Gasteiger partial charge >= 0.3 is 0 Å². The van der Waals surface area contributed by atoms with E-state index in [4.69, 9.17) is 4.74 Å². The first-order valence-corrected chi connectivity index (χ1v) is 12.9. The Labute approximate surface area is 217 Å². The maximum Gasteiger partial charge on any atom is 0.255 e. The quantitative estimate of drug-likeness (QED) is 0.441. The van der Waals surface area contributed by atoms with Gasteiger partial charge in [0, 0.05) is 31.2 Å². The monoisotopic (exact) mass is 499 g/mol. The molecule has 3 atom stereocenters. The molecule has 0 aromatic heterocycles. The van der Waals surface area contributed by atoms with Gasteiger partial charge in [0.1, 0.15) is 5.75 Å². The number of ether oxygens (including phenoxy) is 1. The molecule has 0 saturated carbocycles. The highest BCUT2D eigenvalue weighted by Gasteiger charge is 2.34. The van der Waals surface area contributed by atoms with Crippen LogP contribution in [0.1, 0.15) is 62.9 Å². The van der Waals surface area contributed by atoms with Crippen LogP contribution in [0.4, 0.5) is 0 Å². The number of benzene rings is 3. The molecule has 3 aromatic carbocycles. The van der Waals surface area contributed by atoms with E-state index in [2.05, 4.69) is 22.8 Å². The van der Waals surface area contributed by atoms with Crippen LogP contribution in [0.5, 0.6) is 5.75 Å². The fourth-order valence-corrected chi connectivity index (χ4v) is 5.23. The smallest absolute Gasteiger partial charge is 0.255 e. The van der Waals surface area contributed by atoms with Crippen molar-refractivity contribution in [2.75, 3.05) is 13.2 Å². The van der Waals surface area contributed by atoms with E-state index in [1.165, 1.54) is 11.1 Å². The summed E-state index contributed by atoms with van der Waals surface area (Å²) in [5.41, 5.74) is 5.24. The Bertz CT molecular complexity index is 1290. The third-order valence-electron chi connectivity index (χ3n) is 7.38. The van der Waals surface area contributed by atoms with Crippen molar-refractivity contribution in [3.8, 4) is 5.75 Å². The zero-order valence-electron chi connectivity index (χ0n) is 21.2. The molecule has 2 aliphatic rings. The van der Waals surface area contributed by atoms with E-state index in [1.54, 1.807) is 12.1 Å². The number of fused-ring (bicyclic) bond motifs is 2. The first-order valence-electron chi connectivity index (χ1n) is 12.9. The van der Waals surface area contributed by atoms with Crippen LogP contribution < -0.4 is 15.4 Å². The van der Waals surface area contributed by atoms with Crippen LogP contribution in [-0.4, -0.2) is 47.1 Å². The minimum absolute atomic E-state index is 0.0710. The molecule has 2 heterocycles. The third-order valence-corrected chi connectivity index (χ3v) is 7.38. The highest BCUT2D eigenvalue weighted by Crippen LogP contribution is 2.35. The largest absolute Gasteiger partial charge is 0.493 e. The average molecular weight is 500 g/mol. The van der Waals surface area contributed by atoms with Crippen molar-refractivity contribution < 1.29 is 19.4 Å². The molecule has 0 aliphatic carbocycles. The Morgan fingerprint density at radius 3 is 2.59 bits per heavy atom. The number of aliphatic hydroxyl groups is 1. The molecule has 0 radical (unpaired) electrons. The summed E-state index contributed by atoms with van der Waals surface area (Å²) in [6.07, 6.45) is -0.0422. The highest BCUT2D eigenvalue weighted by molar-refractivity contribution is 6.03. The summed E-state index contributed by atoms with van der Waals surface area (Å²) >= 11 is 0. The number of carbonyl (C=O) groups excluding carboxylic acids is 2. The van der Waals surface area contributed by atoms with Gasteiger partial charge in [0.2, 0.25) is 0 Å². The summed E-state index contributed by atoms with van der Waals surface area (Å²) in [6, 6.07) is 21.3. The molecular formula is C30H33N3O4. The number of rotatable bonds is 8. The van der Waals surface area contributed by atoms with Crippen molar-refractivity contribution in [3.05, 3.63) is 100 Å². The number of hydrogen-bond acceptors (Lipinski definition) is 5. The van der Waals surface area contributed by atoms with Crippen LogP contribution in [0.15, 0.2) is 66.7 Å². The molecule has 7 heteroatoms. The molecule has 0 spiro atoms. The number of hydrogen-bond donors (Lipinski definition) is 3. The second-order valence-electron chi connectivity index (χ2n) is 9.70. The van der Waals surface area contributed by atoms with Crippen molar-refractivity contribution >= 4 is 11.8 Å². The van der Waals surface area contributed by atoms with Gasteiger partial charge in [-0.2, -0.15) is 0 Å². The van der Waals surface area contributed by atoms with E-state index in [1.807, 2.05) is 61.2 Å². The van der Waals surface area contributed by atoms with Gasteiger partial charge in [-0.25, -0.2) is 0 Å². The normalized spacial score (nSPS) is 18.1. The minimum Gasteiger partial charge on any atom is -0.493 e. The predicted molar refractivity (Wildman–Crippen MR) is 141 cm³/mol. The fraction of sp³-hybridized carbons (Fsp3) is 0.333. The summed E-state index contributed by atoms with van der Waals surface area (Å²) in [5.74, 6) is -0.0256. The summed E-state index contributed by atoms with van der Waals surface area (Å²) in [6.45, 7) is 5.44. The van der Waals surface area contributed by atoms with Crippen LogP contribution in [0.3, 0.4) is 0 Å². The Kier molecular flexibility index (Phi) is 7.26. The third kappa shape index (κ3) is 5.10. The molecule has 2 unspecified atom stereocenters. The van der Waals surface area contributed by atoms with Gasteiger partial charge < -0.3 is 25.4 Å². The van der Waals surface area contributed by atoms with E-state index in [-0.39, 0.29) is 30.4 Å². The number of aliphatic hydroxyl groups excluding tert-OH is 1. The Morgan fingerprint density at radius 1 is 1.11 bits per heavy atom. The van der Waals surface area contributed by atoms with Crippen molar-refractivity contribution in [2.24, 2.45) is 0 Å². The van der Waals surface area contributed by atoms with Crippen molar-refractivity contribution in [2.45, 2.75) is 51.5 Å².